The fourth-order valence-corrected chi connectivity index (χ4v) is 3.39. The molecule has 0 saturated heterocycles. The Kier molecular flexibility index (Phi) is 5.48. The second-order valence-corrected chi connectivity index (χ2v) is 7.50. The van der Waals surface area contributed by atoms with Gasteiger partial charge in [-0.15, -0.1) is 5.10 Å². The van der Waals surface area contributed by atoms with Crippen LogP contribution in [0.1, 0.15) is 40.0 Å². The Labute approximate surface area is 185 Å². The molecule has 0 aliphatic heterocycles. The van der Waals surface area contributed by atoms with Gasteiger partial charge in [0, 0.05) is 29.1 Å². The van der Waals surface area contributed by atoms with Crippen LogP contribution in [0.25, 0.3) is 16.9 Å². The largest absolute Gasteiger partial charge is 0.416 e. The zero-order valence-electron chi connectivity index (χ0n) is 17.5. The third kappa shape index (κ3) is 4.47. The fraction of sp³-hybridized carbons (Fsp3) is 0.182. The number of rotatable bonds is 4. The molecule has 3 heterocycles. The van der Waals surface area contributed by atoms with Crippen molar-refractivity contribution in [3.8, 4) is 11.3 Å². The number of nitrogens with one attached hydrogen (secondary N) is 1. The summed E-state index contributed by atoms with van der Waals surface area (Å²) in [5.74, 6) is -1.31. The number of hydrogen-bond acceptors (Lipinski definition) is 5. The minimum Gasteiger partial charge on any atom is -0.366 e. The monoisotopic (exact) mass is 458 g/mol. The van der Waals surface area contributed by atoms with E-state index in [0.29, 0.717) is 34.6 Å². The zero-order valence-corrected chi connectivity index (χ0v) is 17.5. The van der Waals surface area contributed by atoms with Gasteiger partial charge in [0.2, 0.25) is 5.95 Å². The van der Waals surface area contributed by atoms with Crippen LogP contribution < -0.4 is 11.1 Å². The van der Waals surface area contributed by atoms with Crippen molar-refractivity contribution < 1.29 is 22.4 Å². The van der Waals surface area contributed by atoms with Gasteiger partial charge in [0.15, 0.2) is 5.65 Å². The Morgan fingerprint density at radius 1 is 1.18 bits per heavy atom. The maximum Gasteiger partial charge on any atom is 0.416 e. The molecule has 0 saturated carbocycles. The van der Waals surface area contributed by atoms with Crippen LogP contribution in [0.2, 0.25) is 0 Å². The van der Waals surface area contributed by atoms with Crippen molar-refractivity contribution in [3.63, 3.8) is 0 Å². The Morgan fingerprint density at radius 3 is 2.67 bits per heavy atom. The lowest BCUT2D eigenvalue weighted by Gasteiger charge is -2.18. The quantitative estimate of drug-likeness (QED) is 0.444. The number of fused-ring (bicyclic) bond motifs is 1. The maximum atomic E-state index is 14.2. The smallest absolute Gasteiger partial charge is 0.366 e. The molecule has 4 rings (SSSR count). The van der Waals surface area contributed by atoms with E-state index in [9.17, 15) is 22.4 Å². The van der Waals surface area contributed by atoms with E-state index in [2.05, 4.69) is 20.4 Å². The Morgan fingerprint density at radius 2 is 1.94 bits per heavy atom. The molecule has 4 aromatic rings. The standard InChI is InChI=1S/C22H18F4N6O/c1-11-10-28-18(13-5-6-32-19(7-13)30-21(27)31-32)9-15(11)20(33)29-12(2)16-8-14(22(24,25)26)3-4-17(16)23/h3-10,12H,1-2H3,(H2,27,31)(H,29,33)/t12-/m1/s1. The SMILES string of the molecule is Cc1cnc(-c2ccn3nc(N)nc3c2)cc1C(=O)N[C@H](C)c1cc(C(F)(F)F)ccc1F. The number of hydrogen-bond donors (Lipinski definition) is 2. The molecular weight excluding hydrogens is 440 g/mol. The maximum absolute atomic E-state index is 14.2. The highest BCUT2D eigenvalue weighted by Crippen LogP contribution is 2.32. The molecule has 0 aliphatic carbocycles. The van der Waals surface area contributed by atoms with Gasteiger partial charge in [-0.25, -0.2) is 8.91 Å². The third-order valence-electron chi connectivity index (χ3n) is 5.13. The third-order valence-corrected chi connectivity index (χ3v) is 5.13. The highest BCUT2D eigenvalue weighted by molar-refractivity contribution is 5.96. The van der Waals surface area contributed by atoms with E-state index in [1.54, 1.807) is 31.3 Å². The molecule has 1 atom stereocenters. The van der Waals surface area contributed by atoms with Gasteiger partial charge in [0.25, 0.3) is 5.91 Å². The molecule has 1 aromatic carbocycles. The lowest BCUT2D eigenvalue weighted by molar-refractivity contribution is -0.137. The average Bonchev–Trinajstić information content (AvgIpc) is 3.12. The van der Waals surface area contributed by atoms with Crippen LogP contribution >= 0.6 is 0 Å². The Hall–Kier alpha value is -4.02. The molecule has 0 unspecified atom stereocenters. The lowest BCUT2D eigenvalue weighted by atomic mass is 10.0. The molecule has 170 valence electrons. The molecule has 3 N–H and O–H groups in total. The van der Waals surface area contributed by atoms with Crippen molar-refractivity contribution in [2.45, 2.75) is 26.1 Å². The summed E-state index contributed by atoms with van der Waals surface area (Å²) in [6.07, 6.45) is -1.48. The Bertz CT molecular complexity index is 1370. The molecule has 0 fully saturated rings. The summed E-state index contributed by atoms with van der Waals surface area (Å²) in [5.41, 5.74) is 6.75. The number of alkyl halides is 3. The van der Waals surface area contributed by atoms with Gasteiger partial charge in [-0.1, -0.05) is 0 Å². The number of anilines is 1. The number of nitrogen functional groups attached to an aromatic ring is 1. The zero-order chi connectivity index (χ0) is 23.9. The minimum atomic E-state index is -4.63. The second kappa shape index (κ2) is 8.15. The first kappa shape index (κ1) is 22.2. The van der Waals surface area contributed by atoms with Gasteiger partial charge in [0.05, 0.1) is 17.3 Å². The van der Waals surface area contributed by atoms with Crippen LogP contribution in [0.3, 0.4) is 0 Å². The number of carbonyl (C=O) groups is 1. The topological polar surface area (TPSA) is 98.2 Å². The van der Waals surface area contributed by atoms with Gasteiger partial charge in [-0.05, 0) is 55.8 Å². The van der Waals surface area contributed by atoms with Crippen LogP contribution in [0.4, 0.5) is 23.5 Å². The molecular formula is C22H18F4N6O. The molecule has 0 spiro atoms. The summed E-state index contributed by atoms with van der Waals surface area (Å²) in [7, 11) is 0. The summed E-state index contributed by atoms with van der Waals surface area (Å²) in [6.45, 7) is 3.08. The van der Waals surface area contributed by atoms with E-state index in [1.165, 1.54) is 17.6 Å². The van der Waals surface area contributed by atoms with Gasteiger partial charge >= 0.3 is 6.18 Å². The number of nitrogens with two attached hydrogens (primary N) is 1. The number of carbonyl (C=O) groups excluding carboxylic acids is 1. The van der Waals surface area contributed by atoms with Crippen molar-refractivity contribution >= 4 is 17.5 Å². The fourth-order valence-electron chi connectivity index (χ4n) is 3.39. The first-order valence-electron chi connectivity index (χ1n) is 9.79. The van der Waals surface area contributed by atoms with Crippen molar-refractivity contribution in [2.24, 2.45) is 0 Å². The average molecular weight is 458 g/mol. The molecule has 7 nitrogen and oxygen atoms in total. The van der Waals surface area contributed by atoms with Crippen molar-refractivity contribution in [1.82, 2.24) is 24.9 Å². The summed E-state index contributed by atoms with van der Waals surface area (Å²) in [5, 5.41) is 6.56. The number of halogens is 4. The summed E-state index contributed by atoms with van der Waals surface area (Å²) in [4.78, 5) is 21.3. The molecule has 3 aromatic heterocycles. The van der Waals surface area contributed by atoms with Crippen LogP contribution in [0, 0.1) is 12.7 Å². The van der Waals surface area contributed by atoms with E-state index < -0.39 is 29.5 Å². The summed E-state index contributed by atoms with van der Waals surface area (Å²) in [6, 6.07) is 6.06. The predicted octanol–water partition coefficient (Wildman–Crippen LogP) is 4.33. The van der Waals surface area contributed by atoms with Crippen molar-refractivity contribution in [1.29, 1.82) is 0 Å². The van der Waals surface area contributed by atoms with Gasteiger partial charge in [0.1, 0.15) is 5.82 Å². The predicted molar refractivity (Wildman–Crippen MR) is 113 cm³/mol. The molecule has 33 heavy (non-hydrogen) atoms. The van der Waals surface area contributed by atoms with Crippen molar-refractivity contribution in [2.75, 3.05) is 5.73 Å². The van der Waals surface area contributed by atoms with Crippen LogP contribution in [0.15, 0.2) is 48.8 Å². The number of amides is 1. The molecule has 11 heteroatoms. The number of aryl methyl sites for hydroxylation is 1. The first-order valence-corrected chi connectivity index (χ1v) is 9.79. The minimum absolute atomic E-state index is 0.111. The molecule has 0 radical (unpaired) electrons. The van der Waals surface area contributed by atoms with E-state index in [1.807, 2.05) is 0 Å². The van der Waals surface area contributed by atoms with Crippen LogP contribution in [-0.2, 0) is 6.18 Å². The molecule has 1 amide bonds. The summed E-state index contributed by atoms with van der Waals surface area (Å²) < 4.78 is 54.7. The number of benzene rings is 1. The number of aromatic nitrogens is 4. The number of pyridine rings is 2. The second-order valence-electron chi connectivity index (χ2n) is 7.50. The highest BCUT2D eigenvalue weighted by Gasteiger charge is 2.32. The van der Waals surface area contributed by atoms with E-state index in [4.69, 9.17) is 5.73 Å². The van der Waals surface area contributed by atoms with Crippen LogP contribution in [-0.4, -0.2) is 25.5 Å². The van der Waals surface area contributed by atoms with Gasteiger partial charge in [-0.2, -0.15) is 18.2 Å². The van der Waals surface area contributed by atoms with Crippen LogP contribution in [0.5, 0.6) is 0 Å². The molecule has 0 aliphatic rings. The lowest BCUT2D eigenvalue weighted by Crippen LogP contribution is -2.28. The Balaban J connectivity index is 1.62. The van der Waals surface area contributed by atoms with Gasteiger partial charge in [-0.3, -0.25) is 9.78 Å². The van der Waals surface area contributed by atoms with Gasteiger partial charge < -0.3 is 11.1 Å². The molecule has 0 bridgehead atoms. The van der Waals surface area contributed by atoms with E-state index >= 15 is 0 Å². The number of nitrogens with zero attached hydrogens (tertiary/aromatic N) is 4. The van der Waals surface area contributed by atoms with E-state index in [0.717, 1.165) is 6.07 Å². The highest BCUT2D eigenvalue weighted by atomic mass is 19.4. The first-order chi connectivity index (χ1) is 15.5. The summed E-state index contributed by atoms with van der Waals surface area (Å²) >= 11 is 0. The van der Waals surface area contributed by atoms with E-state index in [-0.39, 0.29) is 17.1 Å². The van der Waals surface area contributed by atoms with Crippen molar-refractivity contribution in [3.05, 3.63) is 76.9 Å². The normalized spacial score (nSPS) is 12.7.